The molecule has 9 rings (SSSR count). The zero-order chi connectivity index (χ0) is 44.0. The van der Waals surface area contributed by atoms with Gasteiger partial charge in [0.1, 0.15) is 11.7 Å². The first-order chi connectivity index (χ1) is 30.3. The van der Waals surface area contributed by atoms with Crippen molar-refractivity contribution in [3.8, 4) is 11.1 Å². The van der Waals surface area contributed by atoms with E-state index in [1.807, 2.05) is 18.2 Å². The number of anilines is 1. The van der Waals surface area contributed by atoms with Gasteiger partial charge in [0.25, 0.3) is 0 Å². The molecule has 336 valence electrons. The van der Waals surface area contributed by atoms with E-state index in [1.54, 1.807) is 17.8 Å². The average Bonchev–Trinajstić information content (AvgIpc) is 3.72. The average molecular weight is 872 g/mol. The lowest BCUT2D eigenvalue weighted by Crippen LogP contribution is -2.55. The quantitative estimate of drug-likeness (QED) is 0.123. The van der Waals surface area contributed by atoms with Crippen molar-refractivity contribution in [2.45, 2.75) is 120 Å². The van der Waals surface area contributed by atoms with E-state index in [0.29, 0.717) is 49.5 Å². The molecule has 4 aliphatic rings. The Balaban J connectivity index is 0.753. The number of alkyl halides is 3. The number of aliphatic hydroxyl groups is 1. The van der Waals surface area contributed by atoms with Gasteiger partial charge < -0.3 is 19.7 Å². The molecular formula is C46H56F3N9O5. The summed E-state index contributed by atoms with van der Waals surface area (Å²) in [6.07, 6.45) is 4.67. The van der Waals surface area contributed by atoms with Crippen molar-refractivity contribution >= 4 is 39.8 Å². The van der Waals surface area contributed by atoms with Crippen LogP contribution in [0.5, 0.6) is 0 Å². The number of rotatable bonds is 13. The van der Waals surface area contributed by atoms with Gasteiger partial charge in [-0.25, -0.2) is 9.78 Å². The summed E-state index contributed by atoms with van der Waals surface area (Å²) in [5.41, 5.74) is 6.13. The number of carbonyl (C=O) groups is 2. The number of benzene rings is 2. The molecule has 2 aliphatic heterocycles. The fourth-order valence-corrected chi connectivity index (χ4v) is 10.0. The number of halogens is 3. The van der Waals surface area contributed by atoms with Gasteiger partial charge in [-0.1, -0.05) is 30.3 Å². The largest absolute Gasteiger partial charge is 0.393 e. The third kappa shape index (κ3) is 9.42. The zero-order valence-electron chi connectivity index (χ0n) is 35.8. The fourth-order valence-electron chi connectivity index (χ4n) is 10.0. The molecule has 2 aromatic carbocycles. The summed E-state index contributed by atoms with van der Waals surface area (Å²) in [6, 6.07) is 13.5. The molecular weight excluding hydrogens is 816 g/mol. The lowest BCUT2D eigenvalue weighted by molar-refractivity contribution is -0.137. The summed E-state index contributed by atoms with van der Waals surface area (Å²) in [5.74, 6) is -0.578. The van der Waals surface area contributed by atoms with Gasteiger partial charge in [-0.05, 0) is 87.1 Å². The summed E-state index contributed by atoms with van der Waals surface area (Å²) < 4.78 is 50.6. The minimum absolute atomic E-state index is 0.124. The van der Waals surface area contributed by atoms with Crippen LogP contribution >= 0.6 is 0 Å². The maximum absolute atomic E-state index is 13.1. The second-order valence-electron chi connectivity index (χ2n) is 18.1. The number of amides is 2. The van der Waals surface area contributed by atoms with Crippen LogP contribution in [0.2, 0.25) is 0 Å². The molecule has 1 unspecified atom stereocenters. The standard InChI is InChI=1S/C46H56F3N9O5/c1-28(24-46(47,48)49)51-44-50-25-36-37(27-57(42(36)53-44)32-8-10-34(59)11-9-32)31-6-3-30(4-7-31)26-55-16-18-56(19-17-55)33-22-35(23-33)63-20-15-29-5-12-38-40(21-29)54(2)45(62)58(38)39-13-14-41(60)52-43(39)61/h3-7,12,21,25,27-28,32-35,39,59H,8-11,13-20,22-24,26H2,1-2H3,(H,50,51,53)(H,52,60,61)/t28-,32-,33?,34-,35?,39?/m1/s1. The van der Waals surface area contributed by atoms with Gasteiger partial charge >= 0.3 is 11.9 Å². The summed E-state index contributed by atoms with van der Waals surface area (Å²) in [5, 5.41) is 16.2. The Morgan fingerprint density at radius 2 is 1.67 bits per heavy atom. The van der Waals surface area contributed by atoms with Crippen molar-refractivity contribution in [1.29, 1.82) is 0 Å². The summed E-state index contributed by atoms with van der Waals surface area (Å²) >= 11 is 0. The number of imide groups is 1. The van der Waals surface area contributed by atoms with Gasteiger partial charge in [0.2, 0.25) is 17.8 Å². The monoisotopic (exact) mass is 871 g/mol. The van der Waals surface area contributed by atoms with Crippen LogP contribution in [-0.2, 0) is 34.3 Å². The Labute approximate surface area is 363 Å². The van der Waals surface area contributed by atoms with Gasteiger partial charge in [0.15, 0.2) is 0 Å². The highest BCUT2D eigenvalue weighted by Crippen LogP contribution is 2.37. The lowest BCUT2D eigenvalue weighted by atomic mass is 9.87. The van der Waals surface area contributed by atoms with Crippen LogP contribution in [0.15, 0.2) is 59.7 Å². The third-order valence-electron chi connectivity index (χ3n) is 13.6. The molecule has 5 aromatic rings. The number of aryl methyl sites for hydroxylation is 1. The Hall–Kier alpha value is -5.10. The number of nitrogens with zero attached hydrogens (tertiary/aromatic N) is 7. The van der Waals surface area contributed by atoms with E-state index < -0.39 is 30.6 Å². The molecule has 2 saturated carbocycles. The van der Waals surface area contributed by atoms with Crippen LogP contribution in [0, 0.1) is 0 Å². The van der Waals surface area contributed by atoms with Gasteiger partial charge in [-0.15, -0.1) is 0 Å². The molecule has 2 saturated heterocycles. The minimum Gasteiger partial charge on any atom is -0.393 e. The second kappa shape index (κ2) is 17.8. The number of fused-ring (bicyclic) bond motifs is 2. The number of ether oxygens (including phenoxy) is 1. The van der Waals surface area contributed by atoms with Crippen molar-refractivity contribution in [3.05, 3.63) is 76.5 Å². The molecule has 5 heterocycles. The molecule has 2 atom stereocenters. The molecule has 17 heteroatoms. The fraction of sp³-hybridized carbons (Fsp3) is 0.543. The summed E-state index contributed by atoms with van der Waals surface area (Å²) in [7, 11) is 1.71. The first-order valence-corrected chi connectivity index (χ1v) is 22.4. The normalized spacial score (nSPS) is 24.4. The Kier molecular flexibility index (Phi) is 12.2. The van der Waals surface area contributed by atoms with Crippen molar-refractivity contribution in [1.82, 2.24) is 38.8 Å². The molecule has 0 spiro atoms. The number of piperazine rings is 1. The van der Waals surface area contributed by atoms with Crippen LogP contribution in [0.3, 0.4) is 0 Å². The number of aromatic nitrogens is 5. The highest BCUT2D eigenvalue weighted by Gasteiger charge is 2.36. The number of aliphatic hydroxyl groups excluding tert-OH is 1. The van der Waals surface area contributed by atoms with Crippen molar-refractivity contribution in [2.24, 2.45) is 7.05 Å². The number of nitrogens with one attached hydrogen (secondary N) is 2. The van der Waals surface area contributed by atoms with Crippen LogP contribution in [0.4, 0.5) is 19.1 Å². The molecule has 0 radical (unpaired) electrons. The molecule has 2 amide bonds. The first kappa shape index (κ1) is 43.2. The van der Waals surface area contributed by atoms with Gasteiger partial charge in [-0.2, -0.15) is 18.2 Å². The van der Waals surface area contributed by atoms with Crippen LogP contribution in [0.25, 0.3) is 33.2 Å². The number of carbonyl (C=O) groups excluding carboxylic acids is 2. The smallest absolute Gasteiger partial charge is 0.391 e. The molecule has 4 fully saturated rings. The molecule has 2 aliphatic carbocycles. The van der Waals surface area contributed by atoms with E-state index in [9.17, 15) is 32.7 Å². The highest BCUT2D eigenvalue weighted by molar-refractivity contribution is 6.00. The van der Waals surface area contributed by atoms with Gasteiger partial charge in [0, 0.05) is 87.7 Å². The van der Waals surface area contributed by atoms with Crippen molar-refractivity contribution < 1.29 is 32.6 Å². The lowest BCUT2D eigenvalue weighted by Gasteiger charge is -2.46. The number of hydrogen-bond donors (Lipinski definition) is 3. The molecule has 63 heavy (non-hydrogen) atoms. The van der Waals surface area contributed by atoms with Crippen LogP contribution in [0.1, 0.15) is 87.9 Å². The SMILES string of the molecule is C[C@H](CC(F)(F)F)Nc1ncc2c(-c3ccc(CN4CCN(C5CC(OCCc6ccc7c(c6)n(C)c(=O)n7C6CCC(=O)NC6=O)C5)CC4)cc3)cn([C@H]3CC[C@H](O)CC3)c2n1. The highest BCUT2D eigenvalue weighted by atomic mass is 19.4. The Morgan fingerprint density at radius 1 is 0.937 bits per heavy atom. The topological polar surface area (TPSA) is 152 Å². The molecule has 14 nitrogen and oxygen atoms in total. The maximum Gasteiger partial charge on any atom is 0.391 e. The predicted molar refractivity (Wildman–Crippen MR) is 232 cm³/mol. The number of imidazole rings is 1. The van der Waals surface area contributed by atoms with Crippen molar-refractivity contribution in [2.75, 3.05) is 38.1 Å². The van der Waals surface area contributed by atoms with E-state index >= 15 is 0 Å². The second-order valence-corrected chi connectivity index (χ2v) is 18.1. The minimum atomic E-state index is -4.29. The zero-order valence-corrected chi connectivity index (χ0v) is 35.8. The van der Waals surface area contributed by atoms with E-state index in [-0.39, 0.29) is 42.2 Å². The van der Waals surface area contributed by atoms with Crippen LogP contribution in [-0.4, -0.2) is 114 Å². The number of hydrogen-bond acceptors (Lipinski definition) is 10. The van der Waals surface area contributed by atoms with Gasteiger partial charge in [0.05, 0.1) is 36.3 Å². The van der Waals surface area contributed by atoms with Gasteiger partial charge in [-0.3, -0.25) is 33.8 Å². The molecule has 3 aromatic heterocycles. The van der Waals surface area contributed by atoms with Crippen molar-refractivity contribution in [3.63, 3.8) is 0 Å². The van der Waals surface area contributed by atoms with E-state index in [4.69, 9.17) is 9.72 Å². The molecule has 3 N–H and O–H groups in total. The van der Waals surface area contributed by atoms with E-state index in [2.05, 4.69) is 60.4 Å². The summed E-state index contributed by atoms with van der Waals surface area (Å²) in [6.45, 7) is 6.91. The van der Waals surface area contributed by atoms with E-state index in [1.165, 1.54) is 17.1 Å². The predicted octanol–water partition coefficient (Wildman–Crippen LogP) is 5.87. The number of piperidine rings is 1. The molecule has 0 bridgehead atoms. The maximum atomic E-state index is 13.1. The Bertz CT molecular complexity index is 2510. The van der Waals surface area contributed by atoms with Crippen LogP contribution < -0.4 is 16.3 Å². The first-order valence-electron chi connectivity index (χ1n) is 22.4. The van der Waals surface area contributed by atoms with E-state index in [0.717, 1.165) is 86.0 Å². The third-order valence-corrected chi connectivity index (χ3v) is 13.6. The summed E-state index contributed by atoms with van der Waals surface area (Å²) in [4.78, 5) is 51.6. The Morgan fingerprint density at radius 3 is 2.38 bits per heavy atom.